The number of nitrogens with one attached hydrogen (secondary N) is 1. The molecule has 1 atom stereocenters. The number of hydrogen-bond donors (Lipinski definition) is 1. The number of aromatic nitrogens is 1. The summed E-state index contributed by atoms with van der Waals surface area (Å²) < 4.78 is 9.85. The average Bonchev–Trinajstić information content (AvgIpc) is 2.85. The minimum Gasteiger partial charge on any atom is -0.468 e. The Morgan fingerprint density at radius 3 is 3.12 bits per heavy atom. The molecule has 0 aromatic carbocycles. The van der Waals surface area contributed by atoms with Crippen LogP contribution in [0.1, 0.15) is 19.8 Å². The molecule has 1 heterocycles. The standard InChI is InChI=1S/C11H18N2O3S/c1-3-5-12-9(10(14)15-2)4-8-17-11-13-6-7-16-11/h6-7,9,12H,3-5,8H2,1-2H3. The summed E-state index contributed by atoms with van der Waals surface area (Å²) in [6.07, 6.45) is 4.82. The molecule has 0 amide bonds. The van der Waals surface area contributed by atoms with Gasteiger partial charge in [0.05, 0.1) is 13.3 Å². The lowest BCUT2D eigenvalue weighted by molar-refractivity contribution is -0.143. The molecule has 17 heavy (non-hydrogen) atoms. The van der Waals surface area contributed by atoms with Gasteiger partial charge in [0.2, 0.25) is 0 Å². The van der Waals surface area contributed by atoms with Gasteiger partial charge in [-0.05, 0) is 19.4 Å². The molecule has 0 aliphatic rings. The minimum atomic E-state index is -0.248. The van der Waals surface area contributed by atoms with E-state index in [2.05, 4.69) is 17.2 Å². The molecule has 1 rings (SSSR count). The molecule has 0 aliphatic carbocycles. The quantitative estimate of drug-likeness (QED) is 0.565. The van der Waals surface area contributed by atoms with Crippen molar-refractivity contribution in [2.75, 3.05) is 19.4 Å². The van der Waals surface area contributed by atoms with Gasteiger partial charge in [-0.2, -0.15) is 0 Å². The molecule has 0 saturated carbocycles. The number of oxazole rings is 1. The molecular weight excluding hydrogens is 240 g/mol. The smallest absolute Gasteiger partial charge is 0.322 e. The van der Waals surface area contributed by atoms with Crippen LogP contribution in [0.25, 0.3) is 0 Å². The van der Waals surface area contributed by atoms with E-state index in [9.17, 15) is 4.79 Å². The number of methoxy groups -OCH3 is 1. The van der Waals surface area contributed by atoms with Gasteiger partial charge in [-0.3, -0.25) is 4.79 Å². The van der Waals surface area contributed by atoms with Crippen LogP contribution in [0.3, 0.4) is 0 Å². The average molecular weight is 258 g/mol. The molecule has 0 aliphatic heterocycles. The zero-order valence-corrected chi connectivity index (χ0v) is 11.0. The Bertz CT molecular complexity index is 317. The topological polar surface area (TPSA) is 64.4 Å². The Morgan fingerprint density at radius 2 is 2.53 bits per heavy atom. The number of rotatable bonds is 8. The van der Waals surface area contributed by atoms with Crippen molar-refractivity contribution >= 4 is 17.7 Å². The van der Waals surface area contributed by atoms with E-state index in [-0.39, 0.29) is 12.0 Å². The molecule has 1 unspecified atom stereocenters. The third kappa shape index (κ3) is 5.23. The van der Waals surface area contributed by atoms with Gasteiger partial charge in [-0.25, -0.2) is 4.98 Å². The number of esters is 1. The van der Waals surface area contributed by atoms with Crippen LogP contribution in [0, 0.1) is 0 Å². The molecule has 1 aromatic rings. The first-order valence-corrected chi connectivity index (χ1v) is 6.60. The molecule has 96 valence electrons. The van der Waals surface area contributed by atoms with Crippen molar-refractivity contribution in [2.45, 2.75) is 31.0 Å². The molecule has 0 bridgehead atoms. The fourth-order valence-electron chi connectivity index (χ4n) is 1.31. The maximum absolute atomic E-state index is 11.5. The Kier molecular flexibility index (Phi) is 6.73. The van der Waals surface area contributed by atoms with Crippen molar-refractivity contribution in [1.29, 1.82) is 0 Å². The van der Waals surface area contributed by atoms with Gasteiger partial charge >= 0.3 is 5.97 Å². The van der Waals surface area contributed by atoms with E-state index in [1.807, 2.05) is 0 Å². The predicted octanol–water partition coefficient (Wildman–Crippen LogP) is 1.70. The lowest BCUT2D eigenvalue weighted by Crippen LogP contribution is -2.38. The normalized spacial score (nSPS) is 12.4. The zero-order chi connectivity index (χ0) is 12.5. The Morgan fingerprint density at radius 1 is 1.71 bits per heavy atom. The molecular formula is C11H18N2O3S. The summed E-state index contributed by atoms with van der Waals surface area (Å²) >= 11 is 1.49. The maximum Gasteiger partial charge on any atom is 0.322 e. The first-order chi connectivity index (χ1) is 8.27. The van der Waals surface area contributed by atoms with Crippen LogP contribution in [0.5, 0.6) is 0 Å². The molecule has 0 saturated heterocycles. The summed E-state index contributed by atoms with van der Waals surface area (Å²) in [4.78, 5) is 15.5. The van der Waals surface area contributed by atoms with Crippen LogP contribution in [-0.4, -0.2) is 36.4 Å². The van der Waals surface area contributed by atoms with Gasteiger partial charge in [-0.15, -0.1) is 0 Å². The number of carbonyl (C=O) groups is 1. The second kappa shape index (κ2) is 8.14. The Labute approximate surface area is 105 Å². The van der Waals surface area contributed by atoms with Gasteiger partial charge < -0.3 is 14.5 Å². The van der Waals surface area contributed by atoms with Gasteiger partial charge in [0.1, 0.15) is 12.3 Å². The number of thioether (sulfide) groups is 1. The van der Waals surface area contributed by atoms with E-state index in [1.165, 1.54) is 25.1 Å². The molecule has 5 nitrogen and oxygen atoms in total. The van der Waals surface area contributed by atoms with E-state index >= 15 is 0 Å². The van der Waals surface area contributed by atoms with Crippen molar-refractivity contribution in [2.24, 2.45) is 0 Å². The molecule has 0 fully saturated rings. The predicted molar refractivity (Wildman–Crippen MR) is 65.9 cm³/mol. The number of hydrogen-bond acceptors (Lipinski definition) is 6. The highest BCUT2D eigenvalue weighted by atomic mass is 32.2. The van der Waals surface area contributed by atoms with Crippen LogP contribution in [0.15, 0.2) is 22.1 Å². The van der Waals surface area contributed by atoms with Gasteiger partial charge in [0, 0.05) is 5.75 Å². The third-order valence-corrected chi connectivity index (χ3v) is 3.06. The number of ether oxygens (including phenoxy) is 1. The highest BCUT2D eigenvalue weighted by Crippen LogP contribution is 2.16. The van der Waals surface area contributed by atoms with E-state index in [0.717, 1.165) is 18.7 Å². The van der Waals surface area contributed by atoms with E-state index in [0.29, 0.717) is 11.6 Å². The molecule has 0 spiro atoms. The summed E-state index contributed by atoms with van der Waals surface area (Å²) in [5, 5.41) is 3.79. The molecule has 1 N–H and O–H groups in total. The van der Waals surface area contributed by atoms with Crippen LogP contribution < -0.4 is 5.32 Å². The van der Waals surface area contributed by atoms with Crippen LogP contribution in [0.4, 0.5) is 0 Å². The van der Waals surface area contributed by atoms with Crippen molar-refractivity contribution < 1.29 is 13.9 Å². The molecule has 6 heteroatoms. The van der Waals surface area contributed by atoms with Gasteiger partial charge in [0.15, 0.2) is 0 Å². The SMILES string of the molecule is CCCNC(CCSc1ncco1)C(=O)OC. The summed E-state index contributed by atoms with van der Waals surface area (Å²) in [5.41, 5.74) is 0. The number of carbonyl (C=O) groups excluding carboxylic acids is 1. The largest absolute Gasteiger partial charge is 0.468 e. The van der Waals surface area contributed by atoms with Crippen LogP contribution >= 0.6 is 11.8 Å². The lowest BCUT2D eigenvalue weighted by Gasteiger charge is -2.15. The Balaban J connectivity index is 2.30. The second-order valence-electron chi connectivity index (χ2n) is 3.47. The van der Waals surface area contributed by atoms with Crippen molar-refractivity contribution in [3.63, 3.8) is 0 Å². The van der Waals surface area contributed by atoms with Crippen molar-refractivity contribution in [1.82, 2.24) is 10.3 Å². The fraction of sp³-hybridized carbons (Fsp3) is 0.636. The molecule has 0 radical (unpaired) electrons. The van der Waals surface area contributed by atoms with E-state index in [4.69, 9.17) is 9.15 Å². The van der Waals surface area contributed by atoms with Crippen molar-refractivity contribution in [3.05, 3.63) is 12.5 Å². The zero-order valence-electron chi connectivity index (χ0n) is 10.1. The first kappa shape index (κ1) is 14.1. The van der Waals surface area contributed by atoms with Crippen molar-refractivity contribution in [3.8, 4) is 0 Å². The maximum atomic E-state index is 11.5. The fourth-order valence-corrected chi connectivity index (χ4v) is 2.10. The van der Waals surface area contributed by atoms with Crippen LogP contribution in [0.2, 0.25) is 0 Å². The minimum absolute atomic E-state index is 0.216. The third-order valence-electron chi connectivity index (χ3n) is 2.17. The summed E-state index contributed by atoms with van der Waals surface area (Å²) in [5.74, 6) is 0.545. The van der Waals surface area contributed by atoms with Crippen LogP contribution in [-0.2, 0) is 9.53 Å². The van der Waals surface area contributed by atoms with E-state index < -0.39 is 0 Å². The van der Waals surface area contributed by atoms with Gasteiger partial charge in [0.25, 0.3) is 5.22 Å². The summed E-state index contributed by atoms with van der Waals surface area (Å²) in [7, 11) is 1.41. The Hall–Kier alpha value is -1.01. The molecule has 1 aromatic heterocycles. The summed E-state index contributed by atoms with van der Waals surface area (Å²) in [6, 6.07) is -0.248. The highest BCUT2D eigenvalue weighted by Gasteiger charge is 2.17. The highest BCUT2D eigenvalue weighted by molar-refractivity contribution is 7.99. The lowest BCUT2D eigenvalue weighted by atomic mass is 10.2. The summed E-state index contributed by atoms with van der Waals surface area (Å²) in [6.45, 7) is 2.87. The second-order valence-corrected chi connectivity index (χ2v) is 4.51. The number of nitrogens with zero attached hydrogens (tertiary/aromatic N) is 1. The van der Waals surface area contributed by atoms with Gasteiger partial charge in [-0.1, -0.05) is 18.7 Å². The monoisotopic (exact) mass is 258 g/mol. The van der Waals surface area contributed by atoms with E-state index in [1.54, 1.807) is 6.20 Å². The first-order valence-electron chi connectivity index (χ1n) is 5.61.